The van der Waals surface area contributed by atoms with Gasteiger partial charge in [0.05, 0.1) is 44.6 Å². The molecule has 5 aromatic rings. The molecule has 0 fully saturated rings. The topological polar surface area (TPSA) is 256 Å². The molecule has 0 radical (unpaired) electrons. The summed E-state index contributed by atoms with van der Waals surface area (Å²) in [6, 6.07) is 13.6. The predicted molar refractivity (Wildman–Crippen MR) is 220 cm³/mol. The number of alkyl halides is 1. The van der Waals surface area contributed by atoms with Crippen LogP contribution in [0.1, 0.15) is 11.1 Å². The van der Waals surface area contributed by atoms with Crippen molar-refractivity contribution in [2.24, 2.45) is 20.5 Å². The number of hydrogen-bond acceptors (Lipinski definition) is 18. The number of hydrogen-bond donors (Lipinski definition) is 1. The summed E-state index contributed by atoms with van der Waals surface area (Å²) in [5.41, 5.74) is 1.79. The number of aryl methyl sites for hydroxylation is 2. The van der Waals surface area contributed by atoms with Crippen LogP contribution in [0.15, 0.2) is 95.8 Å². The fourth-order valence-electron chi connectivity index (χ4n) is 4.37. The van der Waals surface area contributed by atoms with Gasteiger partial charge in [0.2, 0.25) is 16.5 Å². The van der Waals surface area contributed by atoms with Crippen LogP contribution in [0, 0.1) is 13.8 Å². The van der Waals surface area contributed by atoms with Gasteiger partial charge in [-0.25, -0.2) is 16.8 Å². The van der Waals surface area contributed by atoms with Gasteiger partial charge < -0.3 is 19.7 Å². The largest absolute Gasteiger partial charge is 1.00 e. The Morgan fingerprint density at radius 3 is 1.79 bits per heavy atom. The molecule has 1 heterocycles. The molecule has 0 aliphatic heterocycles. The Labute approximate surface area is 428 Å². The maximum atomic E-state index is 12.2. The summed E-state index contributed by atoms with van der Waals surface area (Å²) in [5, 5.41) is 32.7. The Hall–Kier alpha value is 0.970. The van der Waals surface area contributed by atoms with E-state index in [4.69, 9.17) is 23.2 Å². The second-order valence-electron chi connectivity index (χ2n) is 10.1. The number of nitrogens with one attached hydrogen (secondary N) is 1. The molecule has 282 valence electrons. The Bertz CT molecular complexity index is 2440. The second-order valence-corrected chi connectivity index (χ2v) is 43.0. The van der Waals surface area contributed by atoms with Gasteiger partial charge in [0.25, 0.3) is 0 Å². The van der Waals surface area contributed by atoms with Crippen molar-refractivity contribution in [2.75, 3.05) is 10.2 Å². The molecule has 0 amide bonds. The summed E-state index contributed by atoms with van der Waals surface area (Å²) < 4.78 is 76.2. The van der Waals surface area contributed by atoms with Crippen LogP contribution in [-0.4, -0.2) is 45.8 Å². The van der Waals surface area contributed by atoms with E-state index >= 15 is 0 Å². The van der Waals surface area contributed by atoms with E-state index in [1.807, 2.05) is 0 Å². The Morgan fingerprint density at radius 1 is 0.750 bits per heavy atom. The van der Waals surface area contributed by atoms with Crippen molar-refractivity contribution in [3.05, 3.63) is 82.4 Å². The number of aromatic nitrogens is 3. The van der Waals surface area contributed by atoms with E-state index < -0.39 is 30.0 Å². The third-order valence-corrected chi connectivity index (χ3v) is 9.15. The van der Waals surface area contributed by atoms with Gasteiger partial charge >= 0.3 is 143 Å². The average Bonchev–Trinajstić information content (AvgIpc) is 3.05. The van der Waals surface area contributed by atoms with E-state index in [9.17, 15) is 31.2 Å². The van der Waals surface area contributed by atoms with Crippen LogP contribution in [0.2, 0.25) is 10.6 Å². The van der Waals surface area contributed by atoms with E-state index in [2.05, 4.69) is 92.3 Å². The third kappa shape index (κ3) is 16.3. The monoisotopic (exact) mass is 1230 g/mol. The van der Waals surface area contributed by atoms with Gasteiger partial charge in [-0.1, -0.05) is 12.1 Å². The van der Waals surface area contributed by atoms with E-state index in [0.717, 1.165) is 12.1 Å². The number of halogens is 5. The van der Waals surface area contributed by atoms with E-state index in [1.165, 1.54) is 30.3 Å². The van der Waals surface area contributed by atoms with Crippen molar-refractivity contribution in [1.82, 2.24) is 15.0 Å². The predicted octanol–water partition coefficient (Wildman–Crippen LogP) is 0.396. The summed E-state index contributed by atoms with van der Waals surface area (Å²) in [4.78, 5) is 12.8. The first-order chi connectivity index (χ1) is 24.9. The number of rotatable bonds is 11. The van der Waals surface area contributed by atoms with Crippen molar-refractivity contribution in [3.8, 4) is 0 Å². The molecular formula is C28H20Cl2I3N8Na3O9S3. The van der Waals surface area contributed by atoms with Crippen molar-refractivity contribution in [1.29, 1.82) is 0 Å². The number of fused-ring (bicyclic) bond motifs is 1. The Kier molecular flexibility index (Phi) is 24.7. The third-order valence-electron chi connectivity index (χ3n) is 6.48. The molecule has 17 nitrogen and oxygen atoms in total. The first-order valence-electron chi connectivity index (χ1n) is 13.8. The quantitative estimate of drug-likeness (QED) is 0.0275. The fraction of sp³-hybridized carbons (Fsp3) is 0.107. The summed E-state index contributed by atoms with van der Waals surface area (Å²) in [6.45, 7) is 3.36. The molecule has 0 unspecified atom stereocenters. The van der Waals surface area contributed by atoms with E-state index in [1.54, 1.807) is 32.0 Å². The number of azo groups is 2. The van der Waals surface area contributed by atoms with Crippen molar-refractivity contribution < 1.29 is 129 Å². The molecule has 5 rings (SSSR count). The van der Waals surface area contributed by atoms with Gasteiger partial charge in [-0.05, 0) is 96.7 Å². The normalized spacial score (nSPS) is 11.6. The summed E-state index contributed by atoms with van der Waals surface area (Å²) in [5.74, 6) is -0.109. The SMILES string of the molecule is CI(I)I.Cc1cc(N=Nc2ccc(Nc3nc(Cl)nc(Cl)n3)c3c(S(=O)(=O)[O-])cccc23)c(C)cc1N=Nc1cc(SOO[O-])ccc1S(=O)(=O)[O-].[Na+].[Na+].[Na+]. The summed E-state index contributed by atoms with van der Waals surface area (Å²) >= 11 is 16.8. The number of nitrogens with zero attached hydrogens (tertiary/aromatic N) is 7. The minimum absolute atomic E-state index is 0. The van der Waals surface area contributed by atoms with Crippen molar-refractivity contribution >= 4 is 150 Å². The van der Waals surface area contributed by atoms with Gasteiger partial charge in [0.15, 0.2) is 0 Å². The number of anilines is 2. The van der Waals surface area contributed by atoms with Crippen LogP contribution in [0.3, 0.4) is 0 Å². The zero-order chi connectivity index (χ0) is 39.1. The van der Waals surface area contributed by atoms with Crippen molar-refractivity contribution in [2.45, 2.75) is 28.5 Å². The Balaban J connectivity index is 0.00000214. The molecule has 0 saturated heterocycles. The zero-order valence-electron chi connectivity index (χ0n) is 29.7. The maximum Gasteiger partial charge on any atom is 1.00 e. The van der Waals surface area contributed by atoms with Gasteiger partial charge in [0.1, 0.15) is 25.9 Å². The van der Waals surface area contributed by atoms with Gasteiger partial charge in [-0.2, -0.15) is 29.5 Å². The van der Waals surface area contributed by atoms with Gasteiger partial charge in [0, 0.05) is 15.7 Å². The standard InChI is InChI=1S/C27H20Cl2N8O9S3.CH3I3.3Na/c1-13-11-20(36-37-21-12-15(47-46-45-38)6-9-22(21)48(39,40)41)14(2)10-19(13)35-34-17-7-8-18(30-27-32-25(28)31-26(29)33-27)24-16(17)4-3-5-23(24)49(42,43)44;1-4(2)3;;;/h3-12,38H,1-2H3,(H,39,40,41)(H,42,43,44)(H,30,31,32,33);1H3;;;/q;;3*+1/p-3. The minimum atomic E-state index is -4.97. The molecule has 1 aromatic heterocycles. The smallest absolute Gasteiger partial charge is 0.744 e. The number of benzene rings is 4. The molecule has 0 aliphatic rings. The molecule has 0 atom stereocenters. The molecule has 0 bridgehead atoms. The molecule has 0 aliphatic carbocycles. The molecule has 0 saturated carbocycles. The fourth-order valence-corrected chi connectivity index (χ4v) is 6.43. The van der Waals surface area contributed by atoms with E-state index in [-0.39, 0.29) is 150 Å². The maximum absolute atomic E-state index is 12.2. The second kappa shape index (κ2) is 25.2. The molecule has 1 N–H and O–H groups in total. The van der Waals surface area contributed by atoms with Crippen LogP contribution >= 0.6 is 84.3 Å². The van der Waals surface area contributed by atoms with Crippen LogP contribution in [-0.2, 0) is 29.6 Å². The van der Waals surface area contributed by atoms with Crippen LogP contribution in [0.4, 0.5) is 34.4 Å². The molecule has 56 heavy (non-hydrogen) atoms. The van der Waals surface area contributed by atoms with E-state index in [0.29, 0.717) is 34.5 Å². The zero-order valence-corrected chi connectivity index (χ0v) is 46.1. The molecule has 0 spiro atoms. The first kappa shape index (κ1) is 55.0. The summed E-state index contributed by atoms with van der Waals surface area (Å²) in [7, 11) is -9.90. The summed E-state index contributed by atoms with van der Waals surface area (Å²) in [6.07, 6.45) is 0. The minimum Gasteiger partial charge on any atom is -0.744 e. The van der Waals surface area contributed by atoms with Gasteiger partial charge in [-0.3, -0.25) is 5.04 Å². The Morgan fingerprint density at radius 2 is 1.27 bits per heavy atom. The van der Waals surface area contributed by atoms with Crippen molar-refractivity contribution in [3.63, 3.8) is 0 Å². The molecule has 28 heteroatoms. The van der Waals surface area contributed by atoms with Crippen LogP contribution in [0.5, 0.6) is 0 Å². The average molecular weight is 1230 g/mol. The van der Waals surface area contributed by atoms with Crippen LogP contribution < -0.4 is 99.2 Å². The molecule has 4 aromatic carbocycles. The van der Waals surface area contributed by atoms with Gasteiger partial charge in [-0.15, -0.1) is 10.2 Å². The first-order valence-corrected chi connectivity index (χ1v) is 32.9. The van der Waals surface area contributed by atoms with Crippen LogP contribution in [0.25, 0.3) is 10.8 Å². The molecular weight excluding hydrogens is 1210 g/mol.